The van der Waals surface area contributed by atoms with Crippen molar-refractivity contribution in [1.82, 2.24) is 10.3 Å². The average Bonchev–Trinajstić information content (AvgIpc) is 2.82. The van der Waals surface area contributed by atoms with Gasteiger partial charge in [-0.1, -0.05) is 13.8 Å². The summed E-state index contributed by atoms with van der Waals surface area (Å²) in [6.07, 6.45) is 4.01. The van der Waals surface area contributed by atoms with Gasteiger partial charge in [0.05, 0.1) is 5.60 Å². The van der Waals surface area contributed by atoms with E-state index in [1.165, 1.54) is 6.26 Å². The topological polar surface area (TPSA) is 75.4 Å². The maximum absolute atomic E-state index is 11.8. The van der Waals surface area contributed by atoms with Crippen molar-refractivity contribution in [3.8, 4) is 0 Å². The predicted octanol–water partition coefficient (Wildman–Crippen LogP) is 1.65. The molecule has 1 fully saturated rings. The number of amides is 1. The van der Waals surface area contributed by atoms with E-state index in [2.05, 4.69) is 10.3 Å². The first-order chi connectivity index (χ1) is 8.34. The van der Waals surface area contributed by atoms with Crippen LogP contribution in [-0.2, 0) is 0 Å². The van der Waals surface area contributed by atoms with Crippen LogP contribution in [0.5, 0.6) is 0 Å². The van der Waals surface area contributed by atoms with Crippen molar-refractivity contribution >= 4 is 5.91 Å². The lowest BCUT2D eigenvalue weighted by molar-refractivity contribution is -0.0394. The normalized spacial score (nSPS) is 26.2. The van der Waals surface area contributed by atoms with Crippen molar-refractivity contribution < 1.29 is 14.3 Å². The highest BCUT2D eigenvalue weighted by molar-refractivity contribution is 5.91. The molecular weight excluding hydrogens is 232 g/mol. The van der Waals surface area contributed by atoms with E-state index in [-0.39, 0.29) is 23.6 Å². The first-order valence-corrected chi connectivity index (χ1v) is 6.27. The molecule has 100 valence electrons. The summed E-state index contributed by atoms with van der Waals surface area (Å²) in [6, 6.07) is 0. The minimum absolute atomic E-state index is 0.167. The maximum Gasteiger partial charge on any atom is 0.273 e. The average molecular weight is 252 g/mol. The van der Waals surface area contributed by atoms with Gasteiger partial charge < -0.3 is 14.8 Å². The molecule has 0 spiro atoms. The number of hydrogen-bond donors (Lipinski definition) is 2. The van der Waals surface area contributed by atoms with Gasteiger partial charge >= 0.3 is 0 Å². The number of oxazole rings is 1. The Morgan fingerprint density at radius 1 is 1.56 bits per heavy atom. The largest absolute Gasteiger partial charge is 0.448 e. The van der Waals surface area contributed by atoms with Crippen molar-refractivity contribution in [1.29, 1.82) is 0 Å². The Hall–Kier alpha value is -1.36. The summed E-state index contributed by atoms with van der Waals surface area (Å²) >= 11 is 0. The summed E-state index contributed by atoms with van der Waals surface area (Å²) in [7, 11) is 0. The fourth-order valence-corrected chi connectivity index (χ4v) is 2.51. The van der Waals surface area contributed by atoms with Crippen LogP contribution >= 0.6 is 0 Å². The molecule has 1 heterocycles. The number of aryl methyl sites for hydroxylation is 1. The van der Waals surface area contributed by atoms with Crippen molar-refractivity contribution in [2.45, 2.75) is 45.6 Å². The van der Waals surface area contributed by atoms with Crippen LogP contribution in [0.1, 0.15) is 49.5 Å². The van der Waals surface area contributed by atoms with Crippen LogP contribution in [0.15, 0.2) is 10.7 Å². The van der Waals surface area contributed by atoms with E-state index >= 15 is 0 Å². The predicted molar refractivity (Wildman–Crippen MR) is 66.2 cm³/mol. The van der Waals surface area contributed by atoms with Crippen LogP contribution < -0.4 is 5.32 Å². The van der Waals surface area contributed by atoms with Crippen LogP contribution in [-0.4, -0.2) is 28.1 Å². The Morgan fingerprint density at radius 2 is 2.28 bits per heavy atom. The molecule has 0 bridgehead atoms. The molecule has 1 atom stereocenters. The molecule has 1 aromatic rings. The summed E-state index contributed by atoms with van der Waals surface area (Å²) in [5.74, 6) is 0.156. The fourth-order valence-electron chi connectivity index (χ4n) is 2.51. The molecule has 18 heavy (non-hydrogen) atoms. The minimum atomic E-state index is -0.832. The van der Waals surface area contributed by atoms with Gasteiger partial charge in [-0.15, -0.1) is 0 Å². The second-order valence-electron chi connectivity index (χ2n) is 5.70. The third-order valence-corrected chi connectivity index (χ3v) is 4.04. The second-order valence-corrected chi connectivity index (χ2v) is 5.70. The lowest BCUT2D eigenvalue weighted by Gasteiger charge is -2.36. The molecule has 2 rings (SSSR count). The SMILES string of the molecule is Cc1nc(C(=O)NCC2(O)CCCC2(C)C)co1. The van der Waals surface area contributed by atoms with Crippen molar-refractivity contribution in [2.24, 2.45) is 5.41 Å². The summed E-state index contributed by atoms with van der Waals surface area (Å²) in [5, 5.41) is 13.3. The molecule has 1 saturated carbocycles. The minimum Gasteiger partial charge on any atom is -0.448 e. The first-order valence-electron chi connectivity index (χ1n) is 6.27. The highest BCUT2D eigenvalue weighted by Crippen LogP contribution is 2.45. The Labute approximate surface area is 107 Å². The van der Waals surface area contributed by atoms with Crippen LogP contribution in [0.25, 0.3) is 0 Å². The zero-order valence-corrected chi connectivity index (χ0v) is 11.1. The zero-order chi connectivity index (χ0) is 13.4. The molecule has 1 amide bonds. The number of carbonyl (C=O) groups is 1. The highest BCUT2D eigenvalue weighted by atomic mass is 16.3. The van der Waals surface area contributed by atoms with Crippen molar-refractivity contribution in [2.75, 3.05) is 6.54 Å². The Balaban J connectivity index is 1.98. The zero-order valence-electron chi connectivity index (χ0n) is 11.1. The lowest BCUT2D eigenvalue weighted by atomic mass is 9.78. The molecule has 1 unspecified atom stereocenters. The van der Waals surface area contributed by atoms with Gasteiger partial charge in [-0.2, -0.15) is 0 Å². The standard InChI is InChI=1S/C13H20N2O3/c1-9-15-10(7-18-9)11(16)14-8-13(17)6-4-5-12(13,2)3/h7,17H,4-6,8H2,1-3H3,(H,14,16). The van der Waals surface area contributed by atoms with Crippen LogP contribution in [0.2, 0.25) is 0 Å². The van der Waals surface area contributed by atoms with E-state index < -0.39 is 5.60 Å². The molecule has 0 radical (unpaired) electrons. The molecule has 1 aromatic heterocycles. The second kappa shape index (κ2) is 4.39. The Morgan fingerprint density at radius 3 is 2.78 bits per heavy atom. The van der Waals surface area contributed by atoms with Gasteiger partial charge in [0.2, 0.25) is 0 Å². The van der Waals surface area contributed by atoms with E-state index in [0.29, 0.717) is 5.89 Å². The Kier molecular flexibility index (Phi) is 3.19. The highest BCUT2D eigenvalue weighted by Gasteiger charge is 2.47. The molecule has 2 N–H and O–H groups in total. The number of carbonyl (C=O) groups excluding carboxylic acids is 1. The van der Waals surface area contributed by atoms with Gasteiger partial charge in [-0.05, 0) is 24.7 Å². The van der Waals surface area contributed by atoms with E-state index in [4.69, 9.17) is 4.42 Å². The summed E-state index contributed by atoms with van der Waals surface area (Å²) < 4.78 is 4.99. The van der Waals surface area contributed by atoms with Gasteiger partial charge in [0, 0.05) is 13.5 Å². The molecular formula is C13H20N2O3. The number of hydrogen-bond acceptors (Lipinski definition) is 4. The number of aromatic nitrogens is 1. The molecule has 0 saturated heterocycles. The van der Waals surface area contributed by atoms with E-state index in [1.54, 1.807) is 6.92 Å². The molecule has 1 aliphatic rings. The van der Waals surface area contributed by atoms with Crippen LogP contribution in [0, 0.1) is 12.3 Å². The number of nitrogens with one attached hydrogen (secondary N) is 1. The Bertz CT molecular complexity index is 453. The van der Waals surface area contributed by atoms with Crippen molar-refractivity contribution in [3.63, 3.8) is 0 Å². The number of aliphatic hydroxyl groups is 1. The molecule has 5 heteroatoms. The van der Waals surface area contributed by atoms with Crippen LogP contribution in [0.3, 0.4) is 0 Å². The number of rotatable bonds is 3. The third kappa shape index (κ3) is 2.27. The monoisotopic (exact) mass is 252 g/mol. The number of nitrogens with zero attached hydrogens (tertiary/aromatic N) is 1. The molecule has 0 aliphatic heterocycles. The fraction of sp³-hybridized carbons (Fsp3) is 0.692. The molecule has 0 aromatic carbocycles. The summed E-state index contributed by atoms with van der Waals surface area (Å²) in [4.78, 5) is 15.8. The van der Waals surface area contributed by atoms with Gasteiger partial charge in [-0.3, -0.25) is 4.79 Å². The lowest BCUT2D eigenvalue weighted by Crippen LogP contribution is -2.49. The van der Waals surface area contributed by atoms with Gasteiger partial charge in [0.15, 0.2) is 11.6 Å². The van der Waals surface area contributed by atoms with Crippen molar-refractivity contribution in [3.05, 3.63) is 17.8 Å². The molecule has 5 nitrogen and oxygen atoms in total. The molecule has 1 aliphatic carbocycles. The van der Waals surface area contributed by atoms with E-state index in [0.717, 1.165) is 19.3 Å². The van der Waals surface area contributed by atoms with E-state index in [1.807, 2.05) is 13.8 Å². The van der Waals surface area contributed by atoms with Crippen LogP contribution in [0.4, 0.5) is 0 Å². The van der Waals surface area contributed by atoms with Gasteiger partial charge in [0.25, 0.3) is 5.91 Å². The van der Waals surface area contributed by atoms with Gasteiger partial charge in [0.1, 0.15) is 6.26 Å². The quantitative estimate of drug-likeness (QED) is 0.857. The maximum atomic E-state index is 11.8. The third-order valence-electron chi connectivity index (χ3n) is 4.04. The summed E-state index contributed by atoms with van der Waals surface area (Å²) in [5.41, 5.74) is -0.742. The van der Waals surface area contributed by atoms with Gasteiger partial charge in [-0.25, -0.2) is 4.98 Å². The first kappa shape index (κ1) is 13.1. The summed E-state index contributed by atoms with van der Waals surface area (Å²) in [6.45, 7) is 6.01. The smallest absolute Gasteiger partial charge is 0.273 e. The van der Waals surface area contributed by atoms with E-state index in [9.17, 15) is 9.90 Å².